The van der Waals surface area contributed by atoms with Crippen LogP contribution >= 0.6 is 0 Å². The summed E-state index contributed by atoms with van der Waals surface area (Å²) in [7, 11) is 1.84. The van der Waals surface area contributed by atoms with Gasteiger partial charge in [-0.25, -0.2) is 0 Å². The van der Waals surface area contributed by atoms with Crippen LogP contribution in [-0.2, 0) is 17.8 Å². The number of amides is 1. The summed E-state index contributed by atoms with van der Waals surface area (Å²) < 4.78 is 7.52. The largest absolute Gasteiger partial charge is 0.492 e. The van der Waals surface area contributed by atoms with E-state index < -0.39 is 0 Å². The van der Waals surface area contributed by atoms with Crippen molar-refractivity contribution >= 4 is 5.91 Å². The van der Waals surface area contributed by atoms with Gasteiger partial charge in [-0.05, 0) is 24.1 Å². The molecule has 0 spiro atoms. The second kappa shape index (κ2) is 5.99. The number of carbonyl (C=O) groups excluding carboxylic acids is 1. The summed E-state index contributed by atoms with van der Waals surface area (Å²) in [4.78, 5) is 14.3. The molecule has 0 radical (unpaired) electrons. The van der Waals surface area contributed by atoms with Gasteiger partial charge in [0.1, 0.15) is 12.4 Å². The van der Waals surface area contributed by atoms with Crippen LogP contribution < -0.4 is 4.74 Å². The van der Waals surface area contributed by atoms with E-state index in [0.29, 0.717) is 19.7 Å². The Balaban J connectivity index is 1.58. The van der Waals surface area contributed by atoms with E-state index in [4.69, 9.17) is 4.74 Å². The molecule has 0 saturated heterocycles. The quantitative estimate of drug-likeness (QED) is 0.857. The Morgan fingerprint density at radius 1 is 1.43 bits per heavy atom. The Labute approximate surface area is 124 Å². The Morgan fingerprint density at radius 2 is 2.29 bits per heavy atom. The fraction of sp³-hybridized carbons (Fsp3) is 0.375. The number of benzene rings is 1. The van der Waals surface area contributed by atoms with Gasteiger partial charge >= 0.3 is 0 Å². The Kier molecular flexibility index (Phi) is 3.90. The molecule has 1 aliphatic rings. The molecule has 5 nitrogen and oxygen atoms in total. The molecule has 3 rings (SSSR count). The van der Waals surface area contributed by atoms with Crippen LogP contribution in [0.5, 0.6) is 5.75 Å². The molecule has 5 heteroatoms. The molecule has 0 saturated carbocycles. The summed E-state index contributed by atoms with van der Waals surface area (Å²) in [5.74, 6) is 0.944. The van der Waals surface area contributed by atoms with E-state index in [1.807, 2.05) is 48.3 Å². The number of fused-ring (bicyclic) bond motifs is 1. The van der Waals surface area contributed by atoms with Gasteiger partial charge < -0.3 is 9.64 Å². The number of hydrogen-bond donors (Lipinski definition) is 0. The van der Waals surface area contributed by atoms with E-state index in [1.54, 1.807) is 11.1 Å². The van der Waals surface area contributed by atoms with Crippen LogP contribution in [0.25, 0.3) is 0 Å². The first-order chi connectivity index (χ1) is 10.2. The number of likely N-dealkylation sites (N-methyl/N-ethyl adjacent to an activating group) is 1. The van der Waals surface area contributed by atoms with Crippen molar-refractivity contribution in [1.29, 1.82) is 0 Å². The SMILES string of the molecule is CN(CCn1cccn1)C(=O)[C@@H]1COc2ccccc2C1. The number of carbonyl (C=O) groups is 1. The van der Waals surface area contributed by atoms with Crippen molar-refractivity contribution in [2.75, 3.05) is 20.2 Å². The molecule has 2 heterocycles. The van der Waals surface area contributed by atoms with E-state index in [9.17, 15) is 4.79 Å². The molecule has 1 aromatic carbocycles. The average Bonchev–Trinajstić information content (AvgIpc) is 3.05. The zero-order valence-corrected chi connectivity index (χ0v) is 12.1. The third-order valence-electron chi connectivity index (χ3n) is 3.83. The van der Waals surface area contributed by atoms with Crippen LogP contribution in [0.15, 0.2) is 42.7 Å². The number of para-hydroxylation sites is 1. The fourth-order valence-electron chi connectivity index (χ4n) is 2.59. The van der Waals surface area contributed by atoms with Gasteiger partial charge in [-0.3, -0.25) is 9.48 Å². The van der Waals surface area contributed by atoms with Crippen LogP contribution in [0.1, 0.15) is 5.56 Å². The van der Waals surface area contributed by atoms with Crippen molar-refractivity contribution < 1.29 is 9.53 Å². The van der Waals surface area contributed by atoms with E-state index >= 15 is 0 Å². The topological polar surface area (TPSA) is 47.4 Å². The predicted octanol–water partition coefficient (Wildman–Crippen LogP) is 1.59. The normalized spacial score (nSPS) is 16.9. The first-order valence-corrected chi connectivity index (χ1v) is 7.17. The average molecular weight is 285 g/mol. The lowest BCUT2D eigenvalue weighted by Gasteiger charge is -2.28. The molecule has 1 atom stereocenters. The Morgan fingerprint density at radius 3 is 3.10 bits per heavy atom. The summed E-state index contributed by atoms with van der Waals surface area (Å²) in [5.41, 5.74) is 1.11. The summed E-state index contributed by atoms with van der Waals surface area (Å²) in [5, 5.41) is 4.14. The highest BCUT2D eigenvalue weighted by atomic mass is 16.5. The van der Waals surface area contributed by atoms with E-state index in [-0.39, 0.29) is 11.8 Å². The Bertz CT molecular complexity index is 610. The van der Waals surface area contributed by atoms with Gasteiger partial charge in [0.05, 0.1) is 12.5 Å². The molecule has 0 bridgehead atoms. The fourth-order valence-corrected chi connectivity index (χ4v) is 2.59. The molecule has 0 aliphatic carbocycles. The molecule has 0 fully saturated rings. The molecule has 1 amide bonds. The van der Waals surface area contributed by atoms with Crippen molar-refractivity contribution in [3.63, 3.8) is 0 Å². The third-order valence-corrected chi connectivity index (χ3v) is 3.83. The zero-order chi connectivity index (χ0) is 14.7. The number of aromatic nitrogens is 2. The van der Waals surface area contributed by atoms with E-state index in [1.165, 1.54) is 0 Å². The third kappa shape index (κ3) is 3.07. The van der Waals surface area contributed by atoms with Gasteiger partial charge in [-0.1, -0.05) is 18.2 Å². The van der Waals surface area contributed by atoms with E-state index in [0.717, 1.165) is 17.7 Å². The van der Waals surface area contributed by atoms with Gasteiger partial charge in [0.15, 0.2) is 0 Å². The molecular formula is C16H19N3O2. The molecule has 2 aromatic rings. The number of hydrogen-bond acceptors (Lipinski definition) is 3. The number of nitrogens with zero attached hydrogens (tertiary/aromatic N) is 3. The summed E-state index contributed by atoms with van der Waals surface area (Å²) in [6.07, 6.45) is 4.40. The molecular weight excluding hydrogens is 266 g/mol. The first-order valence-electron chi connectivity index (χ1n) is 7.17. The lowest BCUT2D eigenvalue weighted by Crippen LogP contribution is -2.40. The smallest absolute Gasteiger partial charge is 0.229 e. The van der Waals surface area contributed by atoms with Crippen molar-refractivity contribution in [3.8, 4) is 5.75 Å². The maximum absolute atomic E-state index is 12.5. The van der Waals surface area contributed by atoms with E-state index in [2.05, 4.69) is 5.10 Å². The minimum Gasteiger partial charge on any atom is -0.492 e. The lowest BCUT2D eigenvalue weighted by molar-refractivity contribution is -0.135. The molecule has 1 aliphatic heterocycles. The minimum absolute atomic E-state index is 0.0949. The highest BCUT2D eigenvalue weighted by molar-refractivity contribution is 5.79. The monoisotopic (exact) mass is 285 g/mol. The van der Waals surface area contributed by atoms with Crippen LogP contribution in [0.2, 0.25) is 0 Å². The number of rotatable bonds is 4. The van der Waals surface area contributed by atoms with Crippen molar-refractivity contribution in [2.24, 2.45) is 5.92 Å². The predicted molar refractivity (Wildman–Crippen MR) is 79.0 cm³/mol. The van der Waals surface area contributed by atoms with Crippen molar-refractivity contribution in [2.45, 2.75) is 13.0 Å². The second-order valence-electron chi connectivity index (χ2n) is 5.35. The van der Waals surface area contributed by atoms with Crippen LogP contribution in [-0.4, -0.2) is 40.8 Å². The maximum Gasteiger partial charge on any atom is 0.229 e. The molecule has 1 aromatic heterocycles. The second-order valence-corrected chi connectivity index (χ2v) is 5.35. The molecule has 0 N–H and O–H groups in total. The summed E-state index contributed by atoms with van der Waals surface area (Å²) in [6, 6.07) is 9.80. The molecule has 0 unspecified atom stereocenters. The van der Waals surface area contributed by atoms with Gasteiger partial charge in [0.2, 0.25) is 5.91 Å². The summed E-state index contributed by atoms with van der Waals surface area (Å²) in [6.45, 7) is 1.82. The molecule has 21 heavy (non-hydrogen) atoms. The maximum atomic E-state index is 12.5. The van der Waals surface area contributed by atoms with Crippen LogP contribution in [0, 0.1) is 5.92 Å². The molecule has 110 valence electrons. The minimum atomic E-state index is -0.0949. The summed E-state index contributed by atoms with van der Waals surface area (Å²) >= 11 is 0. The standard InChI is InChI=1S/C16H19N3O2/c1-18(9-10-19-8-4-7-17-19)16(20)14-11-13-5-2-3-6-15(13)21-12-14/h2-8,14H,9-12H2,1H3/t14-/m0/s1. The van der Waals surface area contributed by atoms with Gasteiger partial charge in [0.25, 0.3) is 0 Å². The van der Waals surface area contributed by atoms with Crippen LogP contribution in [0.4, 0.5) is 0 Å². The van der Waals surface area contributed by atoms with Gasteiger partial charge in [-0.2, -0.15) is 5.10 Å². The zero-order valence-electron chi connectivity index (χ0n) is 12.1. The Hall–Kier alpha value is -2.30. The van der Waals surface area contributed by atoms with Crippen molar-refractivity contribution in [1.82, 2.24) is 14.7 Å². The lowest BCUT2D eigenvalue weighted by atomic mass is 9.95. The first kappa shape index (κ1) is 13.7. The van der Waals surface area contributed by atoms with Crippen LogP contribution in [0.3, 0.4) is 0 Å². The highest BCUT2D eigenvalue weighted by Crippen LogP contribution is 2.27. The van der Waals surface area contributed by atoms with Gasteiger partial charge in [0, 0.05) is 26.0 Å². The number of ether oxygens (including phenoxy) is 1. The van der Waals surface area contributed by atoms with Crippen molar-refractivity contribution in [3.05, 3.63) is 48.3 Å². The van der Waals surface area contributed by atoms with Gasteiger partial charge in [-0.15, -0.1) is 0 Å². The highest BCUT2D eigenvalue weighted by Gasteiger charge is 2.27.